The van der Waals surface area contributed by atoms with Crippen LogP contribution in [0.1, 0.15) is 37.5 Å². The molecule has 1 heterocycles. The van der Waals surface area contributed by atoms with E-state index >= 15 is 0 Å². The molecule has 6 rings (SSSR count). The maximum Gasteiger partial charge on any atom is 0.343 e. The predicted molar refractivity (Wildman–Crippen MR) is 170 cm³/mol. The minimum atomic E-state index is -0.835. The van der Waals surface area contributed by atoms with Crippen molar-refractivity contribution < 1.29 is 33.6 Å². The normalized spacial score (nSPS) is 24.8. The molecule has 0 aromatic heterocycles. The number of rotatable bonds is 8. The number of nitro benzene ring substituents is 1. The zero-order chi connectivity index (χ0) is 32.2. The van der Waals surface area contributed by atoms with Gasteiger partial charge in [-0.05, 0) is 78.9 Å². The zero-order valence-electron chi connectivity index (χ0n) is 23.0. The molecule has 0 N–H and O–H groups in total. The van der Waals surface area contributed by atoms with Gasteiger partial charge in [-0.25, -0.2) is 9.80 Å². The number of ketones is 1. The fraction of sp³-hybridized carbons (Fsp3) is 0.258. The minimum Gasteiger partial charge on any atom is -0.423 e. The number of esters is 1. The molecule has 0 radical (unpaired) electrons. The van der Waals surface area contributed by atoms with Gasteiger partial charge in [0.25, 0.3) is 23.4 Å². The Balaban J connectivity index is 1.25. The van der Waals surface area contributed by atoms with Gasteiger partial charge in [0, 0.05) is 37.4 Å². The molecule has 2 aliphatic carbocycles. The monoisotopic (exact) mass is 801 g/mol. The number of hydrazine groups is 1. The summed E-state index contributed by atoms with van der Waals surface area (Å²) in [4.78, 5) is 77.8. The van der Waals surface area contributed by atoms with Crippen molar-refractivity contribution in [1.82, 2.24) is 10.0 Å². The highest BCUT2D eigenvalue weighted by atomic mass is 79.9. The Labute approximate surface area is 281 Å². The summed E-state index contributed by atoms with van der Waals surface area (Å²) >= 11 is 10.6. The van der Waals surface area contributed by atoms with Crippen molar-refractivity contribution in [2.24, 2.45) is 23.7 Å². The lowest BCUT2D eigenvalue weighted by atomic mass is 9.81. The van der Waals surface area contributed by atoms with Gasteiger partial charge >= 0.3 is 5.97 Å². The fourth-order valence-electron chi connectivity index (χ4n) is 6.37. The van der Waals surface area contributed by atoms with E-state index in [0.717, 1.165) is 26.6 Å². The number of nitrogens with zero attached hydrogens (tertiary/aromatic N) is 3. The maximum absolute atomic E-state index is 13.8. The van der Waals surface area contributed by atoms with Gasteiger partial charge in [-0.3, -0.25) is 29.3 Å². The Hall–Kier alpha value is -3.75. The van der Waals surface area contributed by atoms with E-state index in [0.29, 0.717) is 12.0 Å². The van der Waals surface area contributed by atoms with Gasteiger partial charge in [0.15, 0.2) is 5.78 Å². The van der Waals surface area contributed by atoms with E-state index in [-0.39, 0.29) is 44.1 Å². The number of amides is 3. The highest BCUT2D eigenvalue weighted by Gasteiger charge is 2.67. The number of hydrogen-bond acceptors (Lipinski definition) is 8. The second-order valence-corrected chi connectivity index (χ2v) is 14.0. The summed E-state index contributed by atoms with van der Waals surface area (Å²) in [6, 6.07) is 17.0. The molecule has 1 saturated heterocycles. The highest BCUT2D eigenvalue weighted by molar-refractivity contribution is 9.12. The van der Waals surface area contributed by atoms with Crippen LogP contribution in [0.25, 0.3) is 0 Å². The average Bonchev–Trinajstić information content (AvgIpc) is 3.65. The van der Waals surface area contributed by atoms with E-state index in [1.165, 1.54) is 36.4 Å². The van der Waals surface area contributed by atoms with Crippen LogP contribution in [0.15, 0.2) is 77.3 Å². The van der Waals surface area contributed by atoms with Gasteiger partial charge in [-0.15, -0.1) is 0 Å². The summed E-state index contributed by atoms with van der Waals surface area (Å²) in [6.07, 6.45) is 0.681. The minimum absolute atomic E-state index is 0.0303. The lowest BCUT2D eigenvalue weighted by molar-refractivity contribution is -0.384. The third kappa shape index (κ3) is 5.63. The molecule has 0 unspecified atom stereocenters. The number of carbonyl (C=O) groups excluding carboxylic acids is 5. The highest BCUT2D eigenvalue weighted by Crippen LogP contribution is 2.60. The first-order chi connectivity index (χ1) is 21.5. The van der Waals surface area contributed by atoms with E-state index in [9.17, 15) is 34.1 Å². The van der Waals surface area contributed by atoms with Crippen molar-refractivity contribution in [3.63, 3.8) is 0 Å². The van der Waals surface area contributed by atoms with E-state index in [1.54, 1.807) is 24.3 Å². The molecule has 11 nitrogen and oxygen atoms in total. The SMILES string of the molecule is O=C(CN(C(=O)c1ccc([N+](=O)[O-])cc1)N1C(=O)[C@@H]2[C@H]3C[C@@H]([C@@H](Br)[C@H]3Br)[C@H]2C1=O)c1ccc(OC(=O)c2ccc(Br)cc2)cc1. The van der Waals surface area contributed by atoms with Crippen molar-refractivity contribution >= 4 is 83.0 Å². The molecule has 2 bridgehead atoms. The van der Waals surface area contributed by atoms with Gasteiger partial charge < -0.3 is 4.74 Å². The summed E-state index contributed by atoms with van der Waals surface area (Å²) in [6.45, 7) is -0.657. The lowest BCUT2D eigenvalue weighted by Gasteiger charge is -2.30. The molecule has 0 spiro atoms. The van der Waals surface area contributed by atoms with E-state index in [4.69, 9.17) is 4.74 Å². The van der Waals surface area contributed by atoms with Crippen LogP contribution in [0.4, 0.5) is 5.69 Å². The molecule has 3 amide bonds. The number of ether oxygens (including phenoxy) is 1. The number of benzene rings is 3. The Morgan fingerprint density at radius 2 is 1.33 bits per heavy atom. The molecule has 230 valence electrons. The van der Waals surface area contributed by atoms with Crippen LogP contribution in [0.3, 0.4) is 0 Å². The van der Waals surface area contributed by atoms with Crippen molar-refractivity contribution in [2.75, 3.05) is 6.54 Å². The van der Waals surface area contributed by atoms with Crippen LogP contribution in [0.2, 0.25) is 0 Å². The Bertz CT molecular complexity index is 1700. The number of Topliss-reactive ketones (excluding diaryl/α,β-unsaturated/α-hetero) is 1. The van der Waals surface area contributed by atoms with Crippen LogP contribution in [0, 0.1) is 33.8 Å². The number of halogens is 3. The molecule has 3 aromatic rings. The van der Waals surface area contributed by atoms with Crippen molar-refractivity contribution in [3.8, 4) is 5.75 Å². The number of nitro groups is 1. The maximum atomic E-state index is 13.8. The fourth-order valence-corrected chi connectivity index (χ4v) is 8.50. The number of fused-ring (bicyclic) bond motifs is 5. The van der Waals surface area contributed by atoms with Crippen molar-refractivity contribution in [1.29, 1.82) is 0 Å². The molecular weight excluding hydrogens is 782 g/mol. The second kappa shape index (κ2) is 12.2. The smallest absolute Gasteiger partial charge is 0.343 e. The topological polar surface area (TPSA) is 144 Å². The Kier molecular flexibility index (Phi) is 8.48. The van der Waals surface area contributed by atoms with E-state index in [2.05, 4.69) is 47.8 Å². The number of hydrogen-bond donors (Lipinski definition) is 0. The van der Waals surface area contributed by atoms with Gasteiger partial charge in [0.1, 0.15) is 12.3 Å². The van der Waals surface area contributed by atoms with Crippen LogP contribution in [-0.4, -0.2) is 60.6 Å². The summed E-state index contributed by atoms with van der Waals surface area (Å²) in [5.74, 6) is -4.46. The van der Waals surface area contributed by atoms with Crippen LogP contribution in [0.5, 0.6) is 5.75 Å². The third-order valence-corrected chi connectivity index (χ3v) is 12.3. The molecule has 3 fully saturated rings. The summed E-state index contributed by atoms with van der Waals surface area (Å²) in [5.41, 5.74) is 0.178. The first-order valence-corrected chi connectivity index (χ1v) is 16.4. The molecule has 1 aliphatic heterocycles. The van der Waals surface area contributed by atoms with Gasteiger partial charge in [0.2, 0.25) is 0 Å². The van der Waals surface area contributed by atoms with Gasteiger partial charge in [-0.1, -0.05) is 47.8 Å². The van der Waals surface area contributed by atoms with Crippen molar-refractivity contribution in [2.45, 2.75) is 16.1 Å². The van der Waals surface area contributed by atoms with Gasteiger partial charge in [0.05, 0.1) is 22.3 Å². The molecule has 14 heteroatoms. The van der Waals surface area contributed by atoms with Crippen LogP contribution in [-0.2, 0) is 9.59 Å². The Morgan fingerprint density at radius 1 is 0.822 bits per heavy atom. The van der Waals surface area contributed by atoms with E-state index < -0.39 is 52.8 Å². The molecule has 3 aliphatic rings. The number of non-ortho nitro benzene ring substituents is 1. The molecule has 2 saturated carbocycles. The first kappa shape index (κ1) is 31.2. The van der Waals surface area contributed by atoms with Crippen LogP contribution >= 0.6 is 47.8 Å². The molecule has 45 heavy (non-hydrogen) atoms. The number of carbonyl (C=O) groups is 5. The lowest BCUT2D eigenvalue weighted by Crippen LogP contribution is -2.52. The number of alkyl halides is 2. The summed E-state index contributed by atoms with van der Waals surface area (Å²) in [7, 11) is 0. The standard InChI is InChI=1S/C31H22Br3N3O8/c32-18-7-1-17(2-8-18)31(42)45-20-11-5-15(6-12-20)23(38)14-35(28(39)16-3-9-19(10-4-16)37(43)44)36-29(40)24-21-13-22(25(24)30(36)41)27(34)26(21)33/h1-12,21-22,24-27H,13-14H2/t21-,22-,24-,25-,26-,27+/m1/s1. The third-order valence-electron chi connectivity index (χ3n) is 8.52. The quantitative estimate of drug-likeness (QED) is 0.0545. The van der Waals surface area contributed by atoms with Gasteiger partial charge in [-0.2, -0.15) is 5.01 Å². The average molecular weight is 804 g/mol. The number of imide groups is 1. The first-order valence-electron chi connectivity index (χ1n) is 13.8. The largest absolute Gasteiger partial charge is 0.423 e. The predicted octanol–water partition coefficient (Wildman–Crippen LogP) is 5.59. The summed E-state index contributed by atoms with van der Waals surface area (Å²) < 4.78 is 6.19. The molecular formula is C31H22Br3N3O8. The van der Waals surface area contributed by atoms with E-state index in [1.807, 2.05) is 0 Å². The molecule has 3 aromatic carbocycles. The second-order valence-electron chi connectivity index (χ2n) is 11.0. The summed E-state index contributed by atoms with van der Waals surface area (Å²) in [5, 5.41) is 12.8. The Morgan fingerprint density at radius 3 is 1.87 bits per heavy atom. The molecule has 6 atom stereocenters. The zero-order valence-corrected chi connectivity index (χ0v) is 27.8. The van der Waals surface area contributed by atoms with Crippen LogP contribution < -0.4 is 4.74 Å². The van der Waals surface area contributed by atoms with Crippen molar-refractivity contribution in [3.05, 3.63) is 104 Å².